The molecule has 0 aromatic rings. The summed E-state index contributed by atoms with van der Waals surface area (Å²) < 4.78 is 0. The predicted molar refractivity (Wildman–Crippen MR) is 62.3 cm³/mol. The molecular formula is C14H26. The van der Waals surface area contributed by atoms with Crippen LogP contribution in [-0.2, 0) is 0 Å². The first-order valence-electron chi connectivity index (χ1n) is 6.90. The van der Waals surface area contributed by atoms with Gasteiger partial charge in [-0.15, -0.1) is 0 Å². The minimum atomic E-state index is 1.11. The zero-order valence-electron chi connectivity index (χ0n) is 9.80. The van der Waals surface area contributed by atoms with Crippen molar-refractivity contribution in [1.29, 1.82) is 0 Å². The summed E-state index contributed by atoms with van der Waals surface area (Å²) >= 11 is 0. The summed E-state index contributed by atoms with van der Waals surface area (Å²) in [6.07, 6.45) is 15.3. The molecule has 0 amide bonds. The van der Waals surface area contributed by atoms with E-state index in [4.69, 9.17) is 0 Å². The van der Waals surface area contributed by atoms with E-state index in [9.17, 15) is 0 Å². The molecule has 0 aliphatic heterocycles. The number of hydrogen-bond donors (Lipinski definition) is 0. The Morgan fingerprint density at radius 1 is 0.929 bits per heavy atom. The summed E-state index contributed by atoms with van der Waals surface area (Å²) in [7, 11) is 0. The number of fused-ring (bicyclic) bond motifs is 1. The highest BCUT2D eigenvalue weighted by atomic mass is 14.4. The average molecular weight is 194 g/mol. The lowest BCUT2D eigenvalue weighted by Gasteiger charge is -2.39. The van der Waals surface area contributed by atoms with Crippen molar-refractivity contribution in [1.82, 2.24) is 0 Å². The second-order valence-electron chi connectivity index (χ2n) is 5.63. The number of unbranched alkanes of at least 4 members (excludes halogenated alkanes) is 1. The second-order valence-corrected chi connectivity index (χ2v) is 5.63. The second kappa shape index (κ2) is 5.19. The van der Waals surface area contributed by atoms with E-state index in [0.29, 0.717) is 0 Å². The summed E-state index contributed by atoms with van der Waals surface area (Å²) in [6.45, 7) is 2.33. The van der Waals surface area contributed by atoms with Gasteiger partial charge in [-0.25, -0.2) is 0 Å². The zero-order chi connectivity index (χ0) is 9.80. The number of rotatable bonds is 3. The van der Waals surface area contributed by atoms with Crippen LogP contribution >= 0.6 is 0 Å². The fourth-order valence-electron chi connectivity index (χ4n) is 3.73. The van der Waals surface area contributed by atoms with Crippen LogP contribution in [0.25, 0.3) is 0 Å². The SMILES string of the molecule is CCCC[C@H]1CC[C@H]2CCCC[C@@H]2C1. The molecule has 82 valence electrons. The van der Waals surface area contributed by atoms with Crippen molar-refractivity contribution < 1.29 is 0 Å². The Labute approximate surface area is 89.5 Å². The molecule has 0 radical (unpaired) electrons. The maximum atomic E-state index is 2.33. The molecule has 14 heavy (non-hydrogen) atoms. The third-order valence-corrected chi connectivity index (χ3v) is 4.61. The third kappa shape index (κ3) is 2.52. The summed E-state index contributed by atoms with van der Waals surface area (Å²) in [4.78, 5) is 0. The summed E-state index contributed by atoms with van der Waals surface area (Å²) in [5, 5.41) is 0. The molecule has 2 aliphatic rings. The Morgan fingerprint density at radius 2 is 1.71 bits per heavy atom. The van der Waals surface area contributed by atoms with Crippen molar-refractivity contribution in [2.75, 3.05) is 0 Å². The van der Waals surface area contributed by atoms with Crippen molar-refractivity contribution in [3.05, 3.63) is 0 Å². The standard InChI is InChI=1S/C14H26/c1-2-3-6-12-9-10-13-7-4-5-8-14(13)11-12/h12-14H,2-11H2,1H3/t12-,13+,14+/m0/s1. The van der Waals surface area contributed by atoms with Crippen LogP contribution in [-0.4, -0.2) is 0 Å². The van der Waals surface area contributed by atoms with Gasteiger partial charge in [0, 0.05) is 0 Å². The van der Waals surface area contributed by atoms with E-state index < -0.39 is 0 Å². The van der Waals surface area contributed by atoms with Gasteiger partial charge < -0.3 is 0 Å². The molecule has 0 heterocycles. The Morgan fingerprint density at radius 3 is 2.50 bits per heavy atom. The van der Waals surface area contributed by atoms with Gasteiger partial charge in [0.1, 0.15) is 0 Å². The van der Waals surface area contributed by atoms with E-state index in [0.717, 1.165) is 17.8 Å². The van der Waals surface area contributed by atoms with Gasteiger partial charge in [0.15, 0.2) is 0 Å². The lowest BCUT2D eigenvalue weighted by Crippen LogP contribution is -2.27. The molecule has 2 rings (SSSR count). The largest absolute Gasteiger partial charge is 0.0654 e. The van der Waals surface area contributed by atoms with E-state index in [1.165, 1.54) is 32.1 Å². The Bertz CT molecular complexity index is 161. The van der Waals surface area contributed by atoms with E-state index in [-0.39, 0.29) is 0 Å². The smallest absolute Gasteiger partial charge is 0.0383 e. The first kappa shape index (κ1) is 10.5. The summed E-state index contributed by atoms with van der Waals surface area (Å²) in [5.41, 5.74) is 0. The molecular weight excluding hydrogens is 168 g/mol. The van der Waals surface area contributed by atoms with Crippen LogP contribution < -0.4 is 0 Å². The molecule has 0 nitrogen and oxygen atoms in total. The first-order valence-corrected chi connectivity index (χ1v) is 6.90. The van der Waals surface area contributed by atoms with E-state index >= 15 is 0 Å². The average Bonchev–Trinajstić information content (AvgIpc) is 2.26. The van der Waals surface area contributed by atoms with Crippen molar-refractivity contribution in [3.63, 3.8) is 0 Å². The minimum absolute atomic E-state index is 1.11. The van der Waals surface area contributed by atoms with Gasteiger partial charge in [0.25, 0.3) is 0 Å². The van der Waals surface area contributed by atoms with E-state index in [1.54, 1.807) is 32.1 Å². The number of hydrogen-bond acceptors (Lipinski definition) is 0. The molecule has 0 N–H and O–H groups in total. The first-order chi connectivity index (χ1) is 6.90. The third-order valence-electron chi connectivity index (χ3n) is 4.61. The van der Waals surface area contributed by atoms with Gasteiger partial charge in [-0.1, -0.05) is 58.3 Å². The molecule has 0 saturated heterocycles. The Hall–Kier alpha value is 0. The highest BCUT2D eigenvalue weighted by Gasteiger charge is 2.31. The lowest BCUT2D eigenvalue weighted by atomic mass is 9.67. The van der Waals surface area contributed by atoms with Crippen molar-refractivity contribution >= 4 is 0 Å². The van der Waals surface area contributed by atoms with Crippen molar-refractivity contribution in [2.24, 2.45) is 17.8 Å². The van der Waals surface area contributed by atoms with Crippen molar-refractivity contribution in [2.45, 2.75) is 71.1 Å². The monoisotopic (exact) mass is 194 g/mol. The van der Waals surface area contributed by atoms with Gasteiger partial charge in [0.05, 0.1) is 0 Å². The fourth-order valence-corrected chi connectivity index (χ4v) is 3.73. The van der Waals surface area contributed by atoms with E-state index in [1.807, 2.05) is 0 Å². The highest BCUT2D eigenvalue weighted by molar-refractivity contribution is 4.82. The minimum Gasteiger partial charge on any atom is -0.0654 e. The zero-order valence-corrected chi connectivity index (χ0v) is 9.80. The predicted octanol–water partition coefficient (Wildman–Crippen LogP) is 4.78. The fraction of sp³-hybridized carbons (Fsp3) is 1.00. The topological polar surface area (TPSA) is 0 Å². The molecule has 3 atom stereocenters. The molecule has 0 spiro atoms. The maximum Gasteiger partial charge on any atom is -0.0383 e. The van der Waals surface area contributed by atoms with Crippen LogP contribution in [0.3, 0.4) is 0 Å². The normalized spacial score (nSPS) is 37.9. The van der Waals surface area contributed by atoms with Crippen LogP contribution in [0.1, 0.15) is 71.1 Å². The van der Waals surface area contributed by atoms with Gasteiger partial charge >= 0.3 is 0 Å². The van der Waals surface area contributed by atoms with Crippen LogP contribution in [0.2, 0.25) is 0 Å². The van der Waals surface area contributed by atoms with Crippen LogP contribution in [0, 0.1) is 17.8 Å². The molecule has 0 unspecified atom stereocenters. The van der Waals surface area contributed by atoms with Crippen molar-refractivity contribution in [3.8, 4) is 0 Å². The molecule has 2 saturated carbocycles. The van der Waals surface area contributed by atoms with Gasteiger partial charge in [0.2, 0.25) is 0 Å². The quantitative estimate of drug-likeness (QED) is 0.606. The summed E-state index contributed by atoms with van der Waals surface area (Å²) in [6, 6.07) is 0. The van der Waals surface area contributed by atoms with E-state index in [2.05, 4.69) is 6.92 Å². The molecule has 0 heteroatoms. The molecule has 0 bridgehead atoms. The maximum absolute atomic E-state index is 2.33. The molecule has 2 fully saturated rings. The summed E-state index contributed by atoms with van der Waals surface area (Å²) in [5.74, 6) is 3.38. The lowest BCUT2D eigenvalue weighted by molar-refractivity contribution is 0.124. The van der Waals surface area contributed by atoms with Gasteiger partial charge in [-0.2, -0.15) is 0 Å². The van der Waals surface area contributed by atoms with Crippen LogP contribution in [0.15, 0.2) is 0 Å². The van der Waals surface area contributed by atoms with Gasteiger partial charge in [-0.05, 0) is 30.6 Å². The molecule has 2 aliphatic carbocycles. The highest BCUT2D eigenvalue weighted by Crippen LogP contribution is 2.43. The Kier molecular flexibility index (Phi) is 3.89. The van der Waals surface area contributed by atoms with Crippen LogP contribution in [0.4, 0.5) is 0 Å². The van der Waals surface area contributed by atoms with Crippen LogP contribution in [0.5, 0.6) is 0 Å². The Balaban J connectivity index is 1.77. The molecule has 0 aromatic carbocycles. The molecule has 0 aromatic heterocycles. The van der Waals surface area contributed by atoms with Gasteiger partial charge in [-0.3, -0.25) is 0 Å².